The summed E-state index contributed by atoms with van der Waals surface area (Å²) in [6.45, 7) is 0. The third-order valence-corrected chi connectivity index (χ3v) is 3.80. The van der Waals surface area contributed by atoms with Crippen molar-refractivity contribution < 1.29 is 19.0 Å². The molecule has 0 bridgehead atoms. The van der Waals surface area contributed by atoms with E-state index in [1.165, 1.54) is 19.2 Å². The maximum Gasteiger partial charge on any atom is 0.339 e. The molecular weight excluding hydrogens is 249 g/mol. The van der Waals surface area contributed by atoms with Gasteiger partial charge >= 0.3 is 5.97 Å². The number of aromatic carboxylic acids is 1. The number of hydrogen-bond donors (Lipinski definition) is 2. The van der Waals surface area contributed by atoms with Gasteiger partial charge in [0, 0.05) is 5.54 Å². The van der Waals surface area contributed by atoms with Gasteiger partial charge in [-0.05, 0) is 30.5 Å². The Morgan fingerprint density at radius 2 is 2.00 bits per heavy atom. The minimum Gasteiger partial charge on any atom is -0.493 e. The number of ether oxygens (including phenoxy) is 1. The monoisotopic (exact) mass is 267 g/mol. The van der Waals surface area contributed by atoms with Crippen molar-refractivity contribution >= 4 is 5.97 Å². The first kappa shape index (κ1) is 13.8. The molecule has 104 valence electrons. The summed E-state index contributed by atoms with van der Waals surface area (Å²) in [5.74, 6) is -2.12. The van der Waals surface area contributed by atoms with Gasteiger partial charge in [-0.2, -0.15) is 0 Å². The average Bonchev–Trinajstić information content (AvgIpc) is 2.38. The SMILES string of the molecule is COc1c(F)cc(C2(N)CCCCC2)cc1C(=O)O. The molecule has 0 aromatic heterocycles. The van der Waals surface area contributed by atoms with E-state index in [1.807, 2.05) is 0 Å². The second-order valence-electron chi connectivity index (χ2n) is 5.06. The van der Waals surface area contributed by atoms with Crippen LogP contribution in [0.3, 0.4) is 0 Å². The molecule has 1 aromatic carbocycles. The lowest BCUT2D eigenvalue weighted by Crippen LogP contribution is -2.38. The zero-order valence-corrected chi connectivity index (χ0v) is 10.9. The van der Waals surface area contributed by atoms with Crippen LogP contribution in [0.15, 0.2) is 12.1 Å². The molecule has 1 aliphatic carbocycles. The van der Waals surface area contributed by atoms with Gasteiger partial charge in [0.2, 0.25) is 0 Å². The molecule has 0 heterocycles. The zero-order chi connectivity index (χ0) is 14.0. The lowest BCUT2D eigenvalue weighted by molar-refractivity contribution is 0.0692. The summed E-state index contributed by atoms with van der Waals surface area (Å²) in [5, 5.41) is 9.14. The topological polar surface area (TPSA) is 72.5 Å². The Morgan fingerprint density at radius 1 is 1.37 bits per heavy atom. The highest BCUT2D eigenvalue weighted by molar-refractivity contribution is 5.91. The fraction of sp³-hybridized carbons (Fsp3) is 0.500. The Bertz CT molecular complexity index is 496. The number of carbonyl (C=O) groups is 1. The molecule has 19 heavy (non-hydrogen) atoms. The van der Waals surface area contributed by atoms with Crippen molar-refractivity contribution in [3.8, 4) is 5.75 Å². The molecule has 0 amide bonds. The minimum absolute atomic E-state index is 0.173. The molecule has 0 aliphatic heterocycles. The summed E-state index contributed by atoms with van der Waals surface area (Å²) < 4.78 is 18.8. The van der Waals surface area contributed by atoms with E-state index < -0.39 is 17.3 Å². The molecule has 1 fully saturated rings. The fourth-order valence-corrected chi connectivity index (χ4v) is 2.72. The van der Waals surface area contributed by atoms with Crippen LogP contribution >= 0.6 is 0 Å². The van der Waals surface area contributed by atoms with E-state index in [1.54, 1.807) is 0 Å². The third-order valence-electron chi connectivity index (χ3n) is 3.80. The van der Waals surface area contributed by atoms with Crippen molar-refractivity contribution in [1.82, 2.24) is 0 Å². The largest absolute Gasteiger partial charge is 0.493 e. The molecule has 0 saturated heterocycles. The number of nitrogens with two attached hydrogens (primary N) is 1. The molecule has 2 rings (SSSR count). The van der Waals surface area contributed by atoms with Crippen LogP contribution in [0.5, 0.6) is 5.75 Å². The maximum absolute atomic E-state index is 14.0. The Labute approximate surface area is 111 Å². The Balaban J connectivity index is 2.50. The van der Waals surface area contributed by atoms with E-state index in [2.05, 4.69) is 0 Å². The fourth-order valence-electron chi connectivity index (χ4n) is 2.72. The van der Waals surface area contributed by atoms with Gasteiger partial charge in [-0.1, -0.05) is 19.3 Å². The number of methoxy groups -OCH3 is 1. The van der Waals surface area contributed by atoms with Crippen LogP contribution in [-0.4, -0.2) is 18.2 Å². The summed E-state index contributed by atoms with van der Waals surface area (Å²) in [6.07, 6.45) is 4.57. The molecule has 0 atom stereocenters. The van der Waals surface area contributed by atoms with Crippen molar-refractivity contribution in [2.45, 2.75) is 37.6 Å². The summed E-state index contributed by atoms with van der Waals surface area (Å²) in [7, 11) is 1.25. The van der Waals surface area contributed by atoms with Crippen LogP contribution < -0.4 is 10.5 Å². The summed E-state index contributed by atoms with van der Waals surface area (Å²) in [5.41, 5.74) is 6.05. The standard InChI is InChI=1S/C14H18FNO3/c1-19-12-10(13(17)18)7-9(8-11(12)15)14(16)5-3-2-4-6-14/h7-8H,2-6,16H2,1H3,(H,17,18). The highest BCUT2D eigenvalue weighted by Crippen LogP contribution is 2.37. The van der Waals surface area contributed by atoms with Crippen LogP contribution in [-0.2, 0) is 5.54 Å². The van der Waals surface area contributed by atoms with E-state index in [4.69, 9.17) is 15.6 Å². The normalized spacial score (nSPS) is 18.1. The predicted octanol–water partition coefficient (Wildman–Crippen LogP) is 2.65. The molecule has 5 heteroatoms. The lowest BCUT2D eigenvalue weighted by Gasteiger charge is -2.34. The van der Waals surface area contributed by atoms with Crippen LogP contribution in [0, 0.1) is 5.82 Å². The predicted molar refractivity (Wildman–Crippen MR) is 68.9 cm³/mol. The number of halogens is 1. The second kappa shape index (κ2) is 5.17. The maximum atomic E-state index is 14.0. The zero-order valence-electron chi connectivity index (χ0n) is 10.9. The van der Waals surface area contributed by atoms with Gasteiger partial charge in [-0.15, -0.1) is 0 Å². The quantitative estimate of drug-likeness (QED) is 0.883. The number of hydrogen-bond acceptors (Lipinski definition) is 3. The van der Waals surface area contributed by atoms with Gasteiger partial charge < -0.3 is 15.6 Å². The molecule has 1 saturated carbocycles. The van der Waals surface area contributed by atoms with Gasteiger partial charge in [0.1, 0.15) is 5.56 Å². The summed E-state index contributed by atoms with van der Waals surface area (Å²) >= 11 is 0. The van der Waals surface area contributed by atoms with E-state index in [0.717, 1.165) is 32.1 Å². The van der Waals surface area contributed by atoms with Gasteiger partial charge in [0.25, 0.3) is 0 Å². The third kappa shape index (κ3) is 2.56. The molecule has 4 nitrogen and oxygen atoms in total. The van der Waals surface area contributed by atoms with Gasteiger partial charge in [-0.25, -0.2) is 9.18 Å². The number of rotatable bonds is 3. The van der Waals surface area contributed by atoms with Crippen LogP contribution in [0.1, 0.15) is 48.0 Å². The second-order valence-corrected chi connectivity index (χ2v) is 5.06. The van der Waals surface area contributed by atoms with Gasteiger partial charge in [0.15, 0.2) is 11.6 Å². The van der Waals surface area contributed by atoms with Crippen LogP contribution in [0.25, 0.3) is 0 Å². The number of benzene rings is 1. The molecule has 3 N–H and O–H groups in total. The summed E-state index contributed by atoms with van der Waals surface area (Å²) in [6, 6.07) is 2.74. The van der Waals surface area contributed by atoms with Crippen molar-refractivity contribution in [3.63, 3.8) is 0 Å². The lowest BCUT2D eigenvalue weighted by atomic mass is 9.77. The molecule has 0 radical (unpaired) electrons. The molecule has 1 aromatic rings. The van der Waals surface area contributed by atoms with Crippen LogP contribution in [0.4, 0.5) is 4.39 Å². The number of carboxylic acids is 1. The van der Waals surface area contributed by atoms with E-state index in [0.29, 0.717) is 5.56 Å². The first-order chi connectivity index (χ1) is 8.98. The Hall–Kier alpha value is -1.62. The van der Waals surface area contributed by atoms with Crippen molar-refractivity contribution in [1.29, 1.82) is 0 Å². The Morgan fingerprint density at radius 3 is 2.53 bits per heavy atom. The van der Waals surface area contributed by atoms with E-state index in [-0.39, 0.29) is 11.3 Å². The van der Waals surface area contributed by atoms with Crippen molar-refractivity contribution in [2.75, 3.05) is 7.11 Å². The van der Waals surface area contributed by atoms with Gasteiger partial charge in [-0.3, -0.25) is 0 Å². The smallest absolute Gasteiger partial charge is 0.339 e. The minimum atomic E-state index is -1.21. The van der Waals surface area contributed by atoms with Crippen LogP contribution in [0.2, 0.25) is 0 Å². The van der Waals surface area contributed by atoms with E-state index in [9.17, 15) is 9.18 Å². The highest BCUT2D eigenvalue weighted by atomic mass is 19.1. The Kier molecular flexibility index (Phi) is 3.75. The molecule has 0 unspecified atom stereocenters. The average molecular weight is 267 g/mol. The molecule has 0 spiro atoms. The highest BCUT2D eigenvalue weighted by Gasteiger charge is 2.32. The first-order valence-electron chi connectivity index (χ1n) is 6.38. The van der Waals surface area contributed by atoms with Crippen molar-refractivity contribution in [3.05, 3.63) is 29.1 Å². The summed E-state index contributed by atoms with van der Waals surface area (Å²) in [4.78, 5) is 11.2. The number of carboxylic acid groups (broad SMARTS) is 1. The first-order valence-corrected chi connectivity index (χ1v) is 6.38. The molecular formula is C14H18FNO3. The van der Waals surface area contributed by atoms with Gasteiger partial charge in [0.05, 0.1) is 7.11 Å². The van der Waals surface area contributed by atoms with E-state index >= 15 is 0 Å². The van der Waals surface area contributed by atoms with Crippen molar-refractivity contribution in [2.24, 2.45) is 5.73 Å². The molecule has 1 aliphatic rings.